The maximum absolute atomic E-state index is 14.5. The van der Waals surface area contributed by atoms with Crippen molar-refractivity contribution in [2.45, 2.75) is 19.8 Å². The zero-order chi connectivity index (χ0) is 21.1. The van der Waals surface area contributed by atoms with E-state index in [0.29, 0.717) is 12.0 Å². The van der Waals surface area contributed by atoms with Crippen LogP contribution in [-0.4, -0.2) is 5.16 Å². The summed E-state index contributed by atoms with van der Waals surface area (Å²) in [6.45, 7) is 2.12. The SMILES string of the molecule is CCc1ccc(C#CC2=Cc3ccc(-c4c(F)cc(N=C=S)cc4F)cc3C2)cc1. The third-order valence-electron chi connectivity index (χ3n) is 5.07. The minimum absolute atomic E-state index is 0.0725. The van der Waals surface area contributed by atoms with Crippen molar-refractivity contribution in [3.05, 3.63) is 94.1 Å². The van der Waals surface area contributed by atoms with Crippen LogP contribution in [0.4, 0.5) is 14.5 Å². The summed E-state index contributed by atoms with van der Waals surface area (Å²) < 4.78 is 29.0. The Morgan fingerprint density at radius 1 is 0.967 bits per heavy atom. The van der Waals surface area contributed by atoms with Gasteiger partial charge in [-0.05, 0) is 65.2 Å². The molecule has 1 aliphatic carbocycles. The first-order valence-electron chi connectivity index (χ1n) is 9.59. The standard InChI is InChI=1S/C26H17F2NS/c1-2-17-3-5-18(6-4-17)7-8-19-11-20-9-10-21(13-22(20)12-19)26-24(27)14-23(29-16-30)15-25(26)28/h3-6,9-11,13-15H,2,12H2,1H3. The molecule has 3 aromatic rings. The Balaban J connectivity index is 1.58. The summed E-state index contributed by atoms with van der Waals surface area (Å²) in [4.78, 5) is 3.65. The van der Waals surface area contributed by atoms with Gasteiger partial charge < -0.3 is 0 Å². The van der Waals surface area contributed by atoms with E-state index < -0.39 is 11.6 Å². The Hall–Kier alpha value is -3.38. The average molecular weight is 413 g/mol. The van der Waals surface area contributed by atoms with Gasteiger partial charge in [-0.25, -0.2) is 8.78 Å². The highest BCUT2D eigenvalue weighted by atomic mass is 32.1. The van der Waals surface area contributed by atoms with Crippen molar-refractivity contribution in [3.63, 3.8) is 0 Å². The molecule has 30 heavy (non-hydrogen) atoms. The lowest BCUT2D eigenvalue weighted by Gasteiger charge is -2.08. The Kier molecular flexibility index (Phi) is 5.68. The van der Waals surface area contributed by atoms with Gasteiger partial charge in [0.15, 0.2) is 0 Å². The van der Waals surface area contributed by atoms with Crippen molar-refractivity contribution < 1.29 is 8.78 Å². The summed E-state index contributed by atoms with van der Waals surface area (Å²) in [6.07, 6.45) is 3.66. The second kappa shape index (κ2) is 8.55. The Bertz CT molecular complexity index is 1250. The minimum atomic E-state index is -0.680. The van der Waals surface area contributed by atoms with Gasteiger partial charge in [-0.3, -0.25) is 0 Å². The van der Waals surface area contributed by atoms with Gasteiger partial charge in [-0.15, -0.1) is 0 Å². The first-order valence-corrected chi connectivity index (χ1v) is 10.00. The number of hydrogen-bond donors (Lipinski definition) is 0. The number of hydrogen-bond acceptors (Lipinski definition) is 2. The molecule has 0 atom stereocenters. The maximum atomic E-state index is 14.5. The lowest BCUT2D eigenvalue weighted by Crippen LogP contribution is -1.92. The molecule has 1 aliphatic rings. The van der Waals surface area contributed by atoms with E-state index >= 15 is 0 Å². The molecule has 3 aromatic carbocycles. The number of allylic oxidation sites excluding steroid dienone is 1. The third-order valence-corrected chi connectivity index (χ3v) is 5.16. The molecule has 4 rings (SSSR count). The van der Waals surface area contributed by atoms with Crippen LogP contribution < -0.4 is 0 Å². The molecule has 4 heteroatoms. The van der Waals surface area contributed by atoms with Gasteiger partial charge in [0.2, 0.25) is 0 Å². The van der Waals surface area contributed by atoms with Crippen molar-refractivity contribution >= 4 is 29.1 Å². The zero-order valence-corrected chi connectivity index (χ0v) is 17.1. The minimum Gasteiger partial charge on any atom is -0.206 e. The van der Waals surface area contributed by atoms with Crippen molar-refractivity contribution in [2.75, 3.05) is 0 Å². The predicted molar refractivity (Wildman–Crippen MR) is 121 cm³/mol. The van der Waals surface area contributed by atoms with Gasteiger partial charge >= 0.3 is 0 Å². The first-order chi connectivity index (χ1) is 14.6. The topological polar surface area (TPSA) is 12.4 Å². The van der Waals surface area contributed by atoms with E-state index in [1.165, 1.54) is 5.56 Å². The molecule has 0 aromatic heterocycles. The molecule has 0 unspecified atom stereocenters. The van der Waals surface area contributed by atoms with E-state index in [9.17, 15) is 8.78 Å². The highest BCUT2D eigenvalue weighted by Gasteiger charge is 2.17. The normalized spacial score (nSPS) is 11.8. The summed E-state index contributed by atoms with van der Waals surface area (Å²) in [5.74, 6) is 5.05. The monoisotopic (exact) mass is 413 g/mol. The summed E-state index contributed by atoms with van der Waals surface area (Å²) in [7, 11) is 0. The lowest BCUT2D eigenvalue weighted by atomic mass is 9.99. The summed E-state index contributed by atoms with van der Waals surface area (Å²) in [5.41, 5.74) is 5.76. The van der Waals surface area contributed by atoms with E-state index in [-0.39, 0.29) is 11.3 Å². The molecule has 0 aliphatic heterocycles. The highest BCUT2D eigenvalue weighted by Crippen LogP contribution is 2.34. The summed E-state index contributed by atoms with van der Waals surface area (Å²) in [6, 6.07) is 15.9. The third kappa shape index (κ3) is 4.14. The molecule has 0 spiro atoms. The van der Waals surface area contributed by atoms with Gasteiger partial charge in [0, 0.05) is 29.7 Å². The van der Waals surface area contributed by atoms with Crippen molar-refractivity contribution in [1.29, 1.82) is 0 Å². The fourth-order valence-electron chi connectivity index (χ4n) is 3.51. The molecule has 0 amide bonds. The summed E-state index contributed by atoms with van der Waals surface area (Å²) in [5, 5.41) is 2.12. The van der Waals surface area contributed by atoms with E-state index in [4.69, 9.17) is 0 Å². The maximum Gasteiger partial charge on any atom is 0.136 e. The van der Waals surface area contributed by atoms with Crippen LogP contribution in [0.2, 0.25) is 0 Å². The molecule has 0 N–H and O–H groups in total. The van der Waals surface area contributed by atoms with E-state index in [1.54, 1.807) is 6.07 Å². The Labute approximate surface area is 179 Å². The van der Waals surface area contributed by atoms with Crippen molar-refractivity contribution in [3.8, 4) is 23.0 Å². The number of halogens is 2. The smallest absolute Gasteiger partial charge is 0.136 e. The number of benzene rings is 3. The van der Waals surface area contributed by atoms with Gasteiger partial charge in [-0.1, -0.05) is 43.0 Å². The molecule has 0 fully saturated rings. The van der Waals surface area contributed by atoms with Crippen LogP contribution in [0.1, 0.15) is 29.2 Å². The van der Waals surface area contributed by atoms with Crippen molar-refractivity contribution in [1.82, 2.24) is 0 Å². The largest absolute Gasteiger partial charge is 0.206 e. The van der Waals surface area contributed by atoms with Gasteiger partial charge in [-0.2, -0.15) is 4.99 Å². The Morgan fingerprint density at radius 3 is 2.37 bits per heavy atom. The lowest BCUT2D eigenvalue weighted by molar-refractivity contribution is 0.590. The highest BCUT2D eigenvalue weighted by molar-refractivity contribution is 7.78. The average Bonchev–Trinajstić information content (AvgIpc) is 3.15. The number of aryl methyl sites for hydroxylation is 1. The molecule has 1 nitrogen and oxygen atoms in total. The van der Waals surface area contributed by atoms with Gasteiger partial charge in [0.25, 0.3) is 0 Å². The van der Waals surface area contributed by atoms with E-state index in [0.717, 1.165) is 40.8 Å². The van der Waals surface area contributed by atoms with Crippen LogP contribution in [0.5, 0.6) is 0 Å². The molecule has 0 saturated heterocycles. The number of isothiocyanates is 1. The van der Waals surface area contributed by atoms with Crippen LogP contribution in [0.25, 0.3) is 17.2 Å². The van der Waals surface area contributed by atoms with Gasteiger partial charge in [0.05, 0.1) is 16.4 Å². The number of rotatable bonds is 3. The van der Waals surface area contributed by atoms with Crippen LogP contribution in [0, 0.1) is 23.5 Å². The first kappa shape index (κ1) is 19.9. The number of nitrogens with zero attached hydrogens (tertiary/aromatic N) is 1. The molecular formula is C26H17F2NS. The summed E-state index contributed by atoms with van der Waals surface area (Å²) >= 11 is 4.50. The van der Waals surface area contributed by atoms with Gasteiger partial charge in [0.1, 0.15) is 11.6 Å². The second-order valence-corrected chi connectivity index (χ2v) is 7.23. The number of aliphatic imine (C=N–C) groups is 1. The Morgan fingerprint density at radius 2 is 1.70 bits per heavy atom. The van der Waals surface area contributed by atoms with Crippen LogP contribution in [0.15, 0.2) is 65.2 Å². The van der Waals surface area contributed by atoms with Crippen molar-refractivity contribution in [2.24, 2.45) is 4.99 Å². The molecule has 0 radical (unpaired) electrons. The fraction of sp³-hybridized carbons (Fsp3) is 0.115. The van der Waals surface area contributed by atoms with E-state index in [1.807, 2.05) is 30.3 Å². The molecule has 0 saturated carbocycles. The molecule has 146 valence electrons. The second-order valence-electron chi connectivity index (χ2n) is 7.05. The zero-order valence-electron chi connectivity index (χ0n) is 16.3. The predicted octanol–water partition coefficient (Wildman–Crippen LogP) is 6.92. The number of thiocarbonyl (C=S) groups is 1. The van der Waals surface area contributed by atoms with Crippen LogP contribution >= 0.6 is 12.2 Å². The molecule has 0 heterocycles. The molecule has 0 bridgehead atoms. The fourth-order valence-corrected chi connectivity index (χ4v) is 3.61. The van der Waals surface area contributed by atoms with Crippen LogP contribution in [0.3, 0.4) is 0 Å². The van der Waals surface area contributed by atoms with E-state index in [2.05, 4.69) is 53.3 Å². The van der Waals surface area contributed by atoms with Crippen LogP contribution in [-0.2, 0) is 12.8 Å². The molecular weight excluding hydrogens is 396 g/mol. The number of fused-ring (bicyclic) bond motifs is 1. The quantitative estimate of drug-likeness (QED) is 0.258.